The van der Waals surface area contributed by atoms with E-state index in [1.165, 1.54) is 0 Å². The Labute approximate surface area is 129 Å². The lowest BCUT2D eigenvalue weighted by molar-refractivity contribution is 0.0712. The summed E-state index contributed by atoms with van der Waals surface area (Å²) in [6.07, 6.45) is 3.85. The van der Waals surface area contributed by atoms with E-state index in [0.717, 1.165) is 31.6 Å². The normalized spacial score (nSPS) is 15.5. The minimum atomic E-state index is 0.0453. The van der Waals surface area contributed by atoms with Crippen LogP contribution in [0.3, 0.4) is 0 Å². The van der Waals surface area contributed by atoms with Crippen LogP contribution >= 0.6 is 0 Å². The smallest absolute Gasteiger partial charge is 0.253 e. The predicted molar refractivity (Wildman–Crippen MR) is 82.2 cm³/mol. The van der Waals surface area contributed by atoms with Crippen LogP contribution in [0.15, 0.2) is 36.5 Å². The maximum absolute atomic E-state index is 12.5. The lowest BCUT2D eigenvalue weighted by Crippen LogP contribution is -2.38. The molecule has 1 aliphatic rings. The van der Waals surface area contributed by atoms with Crippen molar-refractivity contribution in [1.82, 2.24) is 14.7 Å². The number of nitrogens with zero attached hydrogens (tertiary/aromatic N) is 4. The zero-order valence-electron chi connectivity index (χ0n) is 12.6. The maximum atomic E-state index is 12.5. The summed E-state index contributed by atoms with van der Waals surface area (Å²) in [5, 5.41) is 13.3. The number of carbonyl (C=O) groups is 1. The third-order valence-corrected chi connectivity index (χ3v) is 4.20. The highest BCUT2D eigenvalue weighted by Gasteiger charge is 2.25. The molecular formula is C17H18N4O. The number of likely N-dealkylation sites (tertiary alicyclic amines) is 1. The van der Waals surface area contributed by atoms with Gasteiger partial charge in [-0.1, -0.05) is 0 Å². The van der Waals surface area contributed by atoms with Crippen molar-refractivity contribution < 1.29 is 4.79 Å². The summed E-state index contributed by atoms with van der Waals surface area (Å²) in [5.41, 5.74) is 2.34. The second kappa shape index (κ2) is 6.02. The molecule has 0 atom stereocenters. The van der Waals surface area contributed by atoms with Gasteiger partial charge in [0, 0.05) is 37.8 Å². The van der Waals surface area contributed by atoms with E-state index in [1.54, 1.807) is 24.3 Å². The van der Waals surface area contributed by atoms with Gasteiger partial charge in [0.2, 0.25) is 0 Å². The van der Waals surface area contributed by atoms with Crippen LogP contribution in [0.1, 0.15) is 40.4 Å². The van der Waals surface area contributed by atoms with Gasteiger partial charge in [0.1, 0.15) is 0 Å². The molecule has 0 unspecified atom stereocenters. The molecule has 2 heterocycles. The lowest BCUT2D eigenvalue weighted by Gasteiger charge is -2.31. The fraction of sp³-hybridized carbons (Fsp3) is 0.353. The van der Waals surface area contributed by atoms with Gasteiger partial charge in [0.25, 0.3) is 5.91 Å². The van der Waals surface area contributed by atoms with Crippen LogP contribution in [-0.4, -0.2) is 33.7 Å². The molecular weight excluding hydrogens is 276 g/mol. The SMILES string of the molecule is Cn1ccc(C2CCN(C(=O)c3ccc(C#N)cc3)CC2)n1. The Hall–Kier alpha value is -2.61. The van der Waals surface area contributed by atoms with Crippen molar-refractivity contribution in [2.75, 3.05) is 13.1 Å². The molecule has 1 aromatic heterocycles. The number of hydrogen-bond donors (Lipinski definition) is 0. The third kappa shape index (κ3) is 2.86. The summed E-state index contributed by atoms with van der Waals surface area (Å²) < 4.78 is 1.82. The summed E-state index contributed by atoms with van der Waals surface area (Å²) in [7, 11) is 1.92. The van der Waals surface area contributed by atoms with Gasteiger partial charge in [-0.25, -0.2) is 0 Å². The van der Waals surface area contributed by atoms with Crippen LogP contribution in [0.25, 0.3) is 0 Å². The molecule has 1 fully saturated rings. The van der Waals surface area contributed by atoms with E-state index >= 15 is 0 Å². The summed E-state index contributed by atoms with van der Waals surface area (Å²) in [4.78, 5) is 14.4. The molecule has 0 saturated carbocycles. The number of carbonyl (C=O) groups excluding carboxylic acids is 1. The van der Waals surface area contributed by atoms with Crippen molar-refractivity contribution in [2.24, 2.45) is 7.05 Å². The van der Waals surface area contributed by atoms with E-state index in [-0.39, 0.29) is 5.91 Å². The quantitative estimate of drug-likeness (QED) is 0.854. The van der Waals surface area contributed by atoms with Gasteiger partial charge in [-0.3, -0.25) is 9.48 Å². The first-order chi connectivity index (χ1) is 10.7. The maximum Gasteiger partial charge on any atom is 0.253 e. The molecule has 5 heteroatoms. The molecule has 22 heavy (non-hydrogen) atoms. The summed E-state index contributed by atoms with van der Waals surface area (Å²) in [5.74, 6) is 0.482. The highest BCUT2D eigenvalue weighted by atomic mass is 16.2. The van der Waals surface area contributed by atoms with Crippen LogP contribution in [0, 0.1) is 11.3 Å². The fourth-order valence-corrected chi connectivity index (χ4v) is 2.90. The molecule has 0 N–H and O–H groups in total. The van der Waals surface area contributed by atoms with E-state index in [0.29, 0.717) is 17.0 Å². The Morgan fingerprint density at radius 2 is 1.91 bits per heavy atom. The molecule has 1 amide bonds. The summed E-state index contributed by atoms with van der Waals surface area (Å²) >= 11 is 0. The highest BCUT2D eigenvalue weighted by molar-refractivity contribution is 5.94. The number of aryl methyl sites for hydroxylation is 1. The summed E-state index contributed by atoms with van der Waals surface area (Å²) in [6.45, 7) is 1.50. The Kier molecular flexibility index (Phi) is 3.92. The Morgan fingerprint density at radius 1 is 1.23 bits per heavy atom. The average molecular weight is 294 g/mol. The number of rotatable bonds is 2. The van der Waals surface area contributed by atoms with Crippen molar-refractivity contribution in [2.45, 2.75) is 18.8 Å². The summed E-state index contributed by atoms with van der Waals surface area (Å²) in [6, 6.07) is 11.0. The van der Waals surface area contributed by atoms with Gasteiger partial charge in [0.05, 0.1) is 17.3 Å². The molecule has 2 aromatic rings. The zero-order valence-corrected chi connectivity index (χ0v) is 12.6. The van der Waals surface area contributed by atoms with Crippen molar-refractivity contribution >= 4 is 5.91 Å². The molecule has 1 aromatic carbocycles. The number of piperidine rings is 1. The molecule has 0 bridgehead atoms. The topological polar surface area (TPSA) is 61.9 Å². The third-order valence-electron chi connectivity index (χ3n) is 4.20. The Balaban J connectivity index is 1.63. The van der Waals surface area contributed by atoms with Crippen LogP contribution in [0.2, 0.25) is 0 Å². The second-order valence-electron chi connectivity index (χ2n) is 5.67. The minimum Gasteiger partial charge on any atom is -0.339 e. The zero-order chi connectivity index (χ0) is 15.5. The monoisotopic (exact) mass is 294 g/mol. The Bertz CT molecular complexity index is 703. The van der Waals surface area contributed by atoms with Crippen molar-refractivity contribution in [3.63, 3.8) is 0 Å². The van der Waals surface area contributed by atoms with Gasteiger partial charge in [0.15, 0.2) is 0 Å². The number of aromatic nitrogens is 2. The van der Waals surface area contributed by atoms with Crippen molar-refractivity contribution in [3.05, 3.63) is 53.3 Å². The lowest BCUT2D eigenvalue weighted by atomic mass is 9.93. The van der Waals surface area contributed by atoms with Gasteiger partial charge in [-0.15, -0.1) is 0 Å². The van der Waals surface area contributed by atoms with Crippen LogP contribution in [-0.2, 0) is 7.05 Å². The molecule has 0 radical (unpaired) electrons. The molecule has 3 rings (SSSR count). The first-order valence-corrected chi connectivity index (χ1v) is 7.46. The van der Waals surface area contributed by atoms with Crippen LogP contribution in [0.4, 0.5) is 0 Å². The van der Waals surface area contributed by atoms with Gasteiger partial charge in [-0.05, 0) is 43.2 Å². The van der Waals surface area contributed by atoms with E-state index < -0.39 is 0 Å². The number of amides is 1. The number of benzene rings is 1. The molecule has 0 aliphatic carbocycles. The van der Waals surface area contributed by atoms with Crippen LogP contribution in [0.5, 0.6) is 0 Å². The average Bonchev–Trinajstić information content (AvgIpc) is 3.01. The number of nitriles is 1. The molecule has 5 nitrogen and oxygen atoms in total. The molecule has 0 spiro atoms. The first-order valence-electron chi connectivity index (χ1n) is 7.46. The Morgan fingerprint density at radius 3 is 2.45 bits per heavy atom. The molecule has 1 saturated heterocycles. The van der Waals surface area contributed by atoms with Crippen molar-refractivity contribution in [1.29, 1.82) is 5.26 Å². The highest BCUT2D eigenvalue weighted by Crippen LogP contribution is 2.27. The predicted octanol–water partition coefficient (Wildman–Crippen LogP) is 2.31. The second-order valence-corrected chi connectivity index (χ2v) is 5.67. The van der Waals surface area contributed by atoms with Gasteiger partial charge < -0.3 is 4.90 Å². The number of hydrogen-bond acceptors (Lipinski definition) is 3. The van der Waals surface area contributed by atoms with E-state index in [4.69, 9.17) is 5.26 Å². The fourth-order valence-electron chi connectivity index (χ4n) is 2.90. The van der Waals surface area contributed by atoms with E-state index in [9.17, 15) is 4.79 Å². The molecule has 1 aliphatic heterocycles. The van der Waals surface area contributed by atoms with Crippen LogP contribution < -0.4 is 0 Å². The van der Waals surface area contributed by atoms with Gasteiger partial charge >= 0.3 is 0 Å². The van der Waals surface area contributed by atoms with E-state index in [1.807, 2.05) is 22.8 Å². The largest absolute Gasteiger partial charge is 0.339 e. The first kappa shape index (κ1) is 14.3. The van der Waals surface area contributed by atoms with E-state index in [2.05, 4.69) is 17.2 Å². The standard InChI is InChI=1S/C17H18N4O/c1-20-9-8-16(19-20)14-6-10-21(11-7-14)17(22)15-4-2-13(12-18)3-5-15/h2-5,8-9,14H,6-7,10-11H2,1H3. The van der Waals surface area contributed by atoms with Gasteiger partial charge in [-0.2, -0.15) is 10.4 Å². The van der Waals surface area contributed by atoms with Crippen molar-refractivity contribution in [3.8, 4) is 6.07 Å². The minimum absolute atomic E-state index is 0.0453. The molecule has 112 valence electrons.